The topological polar surface area (TPSA) is 56.8 Å². The molecule has 4 heterocycles. The highest BCUT2D eigenvalue weighted by Crippen LogP contribution is 2.43. The fraction of sp³-hybridized carbons (Fsp3) is 0.720. The van der Waals surface area contributed by atoms with Crippen LogP contribution in [-0.4, -0.2) is 76.8 Å². The molecule has 2 amide bonds. The second kappa shape index (κ2) is 10.1. The Morgan fingerprint density at radius 1 is 1.19 bits per heavy atom. The summed E-state index contributed by atoms with van der Waals surface area (Å²) in [7, 11) is 1.89. The number of carbonyl (C=O) groups is 2. The number of aromatic nitrogens is 1. The Morgan fingerprint density at radius 3 is 2.74 bits per heavy atom. The molecule has 6 heteroatoms. The Labute approximate surface area is 187 Å². The summed E-state index contributed by atoms with van der Waals surface area (Å²) in [6.07, 6.45) is 9.94. The third kappa shape index (κ3) is 5.11. The summed E-state index contributed by atoms with van der Waals surface area (Å²) in [5, 5.41) is 0. The molecule has 3 aliphatic heterocycles. The van der Waals surface area contributed by atoms with E-state index in [0.29, 0.717) is 36.9 Å². The molecule has 0 unspecified atom stereocenters. The van der Waals surface area contributed by atoms with Gasteiger partial charge in [-0.25, -0.2) is 0 Å². The maximum Gasteiger partial charge on any atom is 0.222 e. The molecular formula is C25H38N4O2. The van der Waals surface area contributed by atoms with E-state index in [1.54, 1.807) is 13.1 Å². The monoisotopic (exact) mass is 426 g/mol. The van der Waals surface area contributed by atoms with Gasteiger partial charge in [-0.1, -0.05) is 6.07 Å². The van der Waals surface area contributed by atoms with Crippen LogP contribution in [0.5, 0.6) is 0 Å². The molecule has 4 rings (SSSR count). The van der Waals surface area contributed by atoms with Gasteiger partial charge in [0.2, 0.25) is 11.8 Å². The van der Waals surface area contributed by atoms with E-state index >= 15 is 0 Å². The minimum Gasteiger partial charge on any atom is -0.345 e. The van der Waals surface area contributed by atoms with Crippen molar-refractivity contribution < 1.29 is 9.59 Å². The molecule has 3 fully saturated rings. The molecule has 170 valence electrons. The highest BCUT2D eigenvalue weighted by atomic mass is 16.2. The lowest BCUT2D eigenvalue weighted by molar-refractivity contribution is -0.144. The van der Waals surface area contributed by atoms with Gasteiger partial charge >= 0.3 is 0 Å². The van der Waals surface area contributed by atoms with Gasteiger partial charge in [-0.2, -0.15) is 0 Å². The number of pyridine rings is 1. The normalized spacial score (nSPS) is 28.1. The Balaban J connectivity index is 1.31. The van der Waals surface area contributed by atoms with Crippen molar-refractivity contribution in [2.24, 2.45) is 11.8 Å². The first-order chi connectivity index (χ1) is 15.0. The third-order valence-electron chi connectivity index (χ3n) is 7.82. The fourth-order valence-corrected chi connectivity index (χ4v) is 6.33. The number of hydrogen-bond acceptors (Lipinski definition) is 4. The molecule has 3 saturated heterocycles. The molecule has 1 aromatic rings. The minimum atomic E-state index is 0.196. The average molecular weight is 427 g/mol. The lowest BCUT2D eigenvalue weighted by Gasteiger charge is -2.57. The van der Waals surface area contributed by atoms with Crippen LogP contribution in [0.2, 0.25) is 0 Å². The van der Waals surface area contributed by atoms with Crippen LogP contribution in [0.4, 0.5) is 0 Å². The summed E-state index contributed by atoms with van der Waals surface area (Å²) in [5.74, 6) is 1.62. The summed E-state index contributed by atoms with van der Waals surface area (Å²) in [6.45, 7) is 5.79. The van der Waals surface area contributed by atoms with Crippen LogP contribution < -0.4 is 0 Å². The van der Waals surface area contributed by atoms with E-state index < -0.39 is 0 Å². The number of hydrogen-bond donors (Lipinski definition) is 0. The number of piperidine rings is 3. The number of likely N-dealkylation sites (tertiary alicyclic amines) is 1. The van der Waals surface area contributed by atoms with Crippen LogP contribution in [0.3, 0.4) is 0 Å². The quantitative estimate of drug-likeness (QED) is 0.673. The van der Waals surface area contributed by atoms with Crippen molar-refractivity contribution >= 4 is 11.8 Å². The van der Waals surface area contributed by atoms with E-state index in [1.165, 1.54) is 38.8 Å². The van der Waals surface area contributed by atoms with Gasteiger partial charge in [0, 0.05) is 63.9 Å². The van der Waals surface area contributed by atoms with Gasteiger partial charge in [0.25, 0.3) is 0 Å². The third-order valence-corrected chi connectivity index (χ3v) is 7.82. The Kier molecular flexibility index (Phi) is 7.26. The largest absolute Gasteiger partial charge is 0.345 e. The van der Waals surface area contributed by atoms with E-state index in [2.05, 4.69) is 14.8 Å². The Morgan fingerprint density at radius 2 is 2.00 bits per heavy atom. The molecule has 6 nitrogen and oxygen atoms in total. The molecule has 0 aromatic carbocycles. The fourth-order valence-electron chi connectivity index (χ4n) is 6.33. The molecule has 0 bridgehead atoms. The van der Waals surface area contributed by atoms with Crippen molar-refractivity contribution in [1.82, 2.24) is 19.7 Å². The zero-order chi connectivity index (χ0) is 21.8. The number of rotatable bonds is 7. The summed E-state index contributed by atoms with van der Waals surface area (Å²) in [4.78, 5) is 36.2. The van der Waals surface area contributed by atoms with Gasteiger partial charge < -0.3 is 9.80 Å². The van der Waals surface area contributed by atoms with Crippen molar-refractivity contribution in [3.05, 3.63) is 30.1 Å². The summed E-state index contributed by atoms with van der Waals surface area (Å²) in [5.41, 5.74) is 1.02. The molecule has 3 aliphatic rings. The van der Waals surface area contributed by atoms with Crippen LogP contribution in [-0.2, 0) is 16.0 Å². The second-order valence-electron chi connectivity index (χ2n) is 9.75. The molecule has 4 atom stereocenters. The predicted octanol–water partition coefficient (Wildman–Crippen LogP) is 2.97. The number of likely N-dealkylation sites (N-methyl/N-ethyl adjacent to an activating group) is 1. The van der Waals surface area contributed by atoms with Gasteiger partial charge in [-0.05, 0) is 75.6 Å². The van der Waals surface area contributed by atoms with Crippen molar-refractivity contribution in [3.8, 4) is 0 Å². The number of carbonyl (C=O) groups excluding carboxylic acids is 2. The number of amides is 2. The average Bonchev–Trinajstić information content (AvgIpc) is 2.79. The van der Waals surface area contributed by atoms with Gasteiger partial charge in [0.15, 0.2) is 0 Å². The first-order valence-corrected chi connectivity index (χ1v) is 12.2. The first kappa shape index (κ1) is 22.3. The van der Waals surface area contributed by atoms with E-state index in [4.69, 9.17) is 0 Å². The zero-order valence-corrected chi connectivity index (χ0v) is 19.2. The summed E-state index contributed by atoms with van der Waals surface area (Å²) in [6, 6.07) is 6.85. The maximum atomic E-state index is 12.7. The number of nitrogens with zero attached hydrogens (tertiary/aromatic N) is 4. The van der Waals surface area contributed by atoms with Gasteiger partial charge in [0.05, 0.1) is 0 Å². The van der Waals surface area contributed by atoms with Crippen LogP contribution in [0.25, 0.3) is 0 Å². The lowest BCUT2D eigenvalue weighted by Crippen LogP contribution is -2.65. The SMILES string of the molecule is CC(=O)N1C[C@@H]2CCCN3CCC[C@@H]([C@H]23)[C@H]1CCCC(=O)N(C)CCc1ccccn1. The molecule has 0 spiro atoms. The van der Waals surface area contributed by atoms with Crippen molar-refractivity contribution in [3.63, 3.8) is 0 Å². The smallest absolute Gasteiger partial charge is 0.222 e. The van der Waals surface area contributed by atoms with Crippen LogP contribution in [0.15, 0.2) is 24.4 Å². The highest BCUT2D eigenvalue weighted by molar-refractivity contribution is 5.76. The molecule has 31 heavy (non-hydrogen) atoms. The molecular weight excluding hydrogens is 388 g/mol. The van der Waals surface area contributed by atoms with Gasteiger partial charge in [-0.15, -0.1) is 0 Å². The molecule has 0 radical (unpaired) electrons. The Hall–Kier alpha value is -1.95. The maximum absolute atomic E-state index is 12.7. The minimum absolute atomic E-state index is 0.196. The van der Waals surface area contributed by atoms with E-state index in [0.717, 1.165) is 31.5 Å². The van der Waals surface area contributed by atoms with Crippen LogP contribution in [0, 0.1) is 11.8 Å². The Bertz CT molecular complexity index is 753. The standard InChI is InChI=1S/C25H38N4O2/c1-19(30)29-18-20-8-6-15-28-16-7-10-22(25(20)28)23(29)11-5-12-24(31)27(2)17-13-21-9-3-4-14-26-21/h3-4,9,14,20,22-23,25H,5-8,10-13,15-18H2,1-2H3/t20-,22+,23+,25-/m0/s1. The molecule has 1 aromatic heterocycles. The first-order valence-electron chi connectivity index (χ1n) is 12.2. The highest BCUT2D eigenvalue weighted by Gasteiger charge is 2.48. The lowest BCUT2D eigenvalue weighted by atomic mass is 9.69. The van der Waals surface area contributed by atoms with Gasteiger partial charge in [0.1, 0.15) is 0 Å². The zero-order valence-electron chi connectivity index (χ0n) is 19.2. The predicted molar refractivity (Wildman–Crippen MR) is 121 cm³/mol. The molecule has 0 saturated carbocycles. The molecule has 0 N–H and O–H groups in total. The van der Waals surface area contributed by atoms with Crippen LogP contribution in [0.1, 0.15) is 57.6 Å². The summed E-state index contributed by atoms with van der Waals surface area (Å²) >= 11 is 0. The molecule has 0 aliphatic carbocycles. The second-order valence-corrected chi connectivity index (χ2v) is 9.75. The van der Waals surface area contributed by atoms with Crippen molar-refractivity contribution in [2.75, 3.05) is 33.2 Å². The van der Waals surface area contributed by atoms with E-state index in [-0.39, 0.29) is 11.8 Å². The van der Waals surface area contributed by atoms with E-state index in [1.807, 2.05) is 30.1 Å². The summed E-state index contributed by atoms with van der Waals surface area (Å²) < 4.78 is 0. The van der Waals surface area contributed by atoms with E-state index in [9.17, 15) is 9.59 Å². The van der Waals surface area contributed by atoms with Crippen molar-refractivity contribution in [1.29, 1.82) is 0 Å². The van der Waals surface area contributed by atoms with Crippen molar-refractivity contribution in [2.45, 2.75) is 70.4 Å². The van der Waals surface area contributed by atoms with Gasteiger partial charge in [-0.3, -0.25) is 19.5 Å². The van der Waals surface area contributed by atoms with Crippen LogP contribution >= 0.6 is 0 Å².